The summed E-state index contributed by atoms with van der Waals surface area (Å²) in [5.41, 5.74) is 1.80. The molecule has 0 atom stereocenters. The zero-order valence-corrected chi connectivity index (χ0v) is 17.2. The third-order valence-corrected chi connectivity index (χ3v) is 4.85. The van der Waals surface area contributed by atoms with E-state index in [0.717, 1.165) is 0 Å². The highest BCUT2D eigenvalue weighted by Crippen LogP contribution is 2.37. The van der Waals surface area contributed by atoms with E-state index >= 15 is 0 Å². The van der Waals surface area contributed by atoms with Gasteiger partial charge in [-0.1, -0.05) is 17.7 Å². The van der Waals surface area contributed by atoms with Crippen molar-refractivity contribution in [1.82, 2.24) is 25.3 Å². The van der Waals surface area contributed by atoms with Crippen LogP contribution in [0.5, 0.6) is 5.88 Å². The van der Waals surface area contributed by atoms with Gasteiger partial charge in [0.05, 0.1) is 57.4 Å². The summed E-state index contributed by atoms with van der Waals surface area (Å²) >= 11 is 6.20. The maximum atomic E-state index is 14.4. The molecular weight excluding hydrogens is 423 g/mol. The number of nitrogens with zero attached hydrogens (tertiary/aromatic N) is 3. The predicted molar refractivity (Wildman–Crippen MR) is 116 cm³/mol. The molecule has 1 amide bonds. The van der Waals surface area contributed by atoms with Gasteiger partial charge in [0.2, 0.25) is 5.91 Å². The molecule has 0 aliphatic carbocycles. The molecule has 0 spiro atoms. The lowest BCUT2D eigenvalue weighted by Gasteiger charge is -2.11. The second kappa shape index (κ2) is 8.57. The number of carbonyl (C=O) groups is 1. The summed E-state index contributed by atoms with van der Waals surface area (Å²) in [5.74, 6) is -0.383. The van der Waals surface area contributed by atoms with Crippen molar-refractivity contribution < 1.29 is 14.3 Å². The SMILES string of the molecule is CCNC(=O)Cc1cnc(Nc2cc(-c3c(F)cccc3Cl)nc3c[nH]c(O)c23)cn1. The minimum absolute atomic E-state index is 0.100. The van der Waals surface area contributed by atoms with Crippen molar-refractivity contribution >= 4 is 39.9 Å². The topological polar surface area (TPSA) is 116 Å². The first-order chi connectivity index (χ1) is 15.0. The van der Waals surface area contributed by atoms with Crippen molar-refractivity contribution in [3.63, 3.8) is 0 Å². The fraction of sp³-hybridized carbons (Fsp3) is 0.143. The zero-order chi connectivity index (χ0) is 22.0. The summed E-state index contributed by atoms with van der Waals surface area (Å²) in [5, 5.41) is 16.6. The highest BCUT2D eigenvalue weighted by molar-refractivity contribution is 6.33. The Balaban J connectivity index is 1.70. The lowest BCUT2D eigenvalue weighted by Crippen LogP contribution is -2.24. The maximum Gasteiger partial charge on any atom is 0.226 e. The van der Waals surface area contributed by atoms with E-state index in [9.17, 15) is 14.3 Å². The molecule has 10 heteroatoms. The van der Waals surface area contributed by atoms with E-state index < -0.39 is 5.82 Å². The van der Waals surface area contributed by atoms with Gasteiger partial charge in [-0.15, -0.1) is 0 Å². The average Bonchev–Trinajstić information content (AvgIpc) is 3.11. The molecule has 3 aromatic heterocycles. The molecule has 3 heterocycles. The number of benzene rings is 1. The molecule has 1 aromatic carbocycles. The van der Waals surface area contributed by atoms with E-state index in [1.54, 1.807) is 12.1 Å². The molecule has 0 unspecified atom stereocenters. The van der Waals surface area contributed by atoms with Gasteiger partial charge in [0.15, 0.2) is 5.88 Å². The van der Waals surface area contributed by atoms with Crippen molar-refractivity contribution in [1.29, 1.82) is 0 Å². The van der Waals surface area contributed by atoms with Gasteiger partial charge in [0.25, 0.3) is 0 Å². The number of anilines is 2. The van der Waals surface area contributed by atoms with Gasteiger partial charge >= 0.3 is 0 Å². The van der Waals surface area contributed by atoms with Gasteiger partial charge in [-0.25, -0.2) is 14.4 Å². The van der Waals surface area contributed by atoms with Crippen LogP contribution >= 0.6 is 11.6 Å². The number of pyridine rings is 1. The molecule has 31 heavy (non-hydrogen) atoms. The Morgan fingerprint density at radius 1 is 1.29 bits per heavy atom. The smallest absolute Gasteiger partial charge is 0.226 e. The second-order valence-corrected chi connectivity index (χ2v) is 7.10. The van der Waals surface area contributed by atoms with Crippen LogP contribution in [0.25, 0.3) is 22.2 Å². The summed E-state index contributed by atoms with van der Waals surface area (Å²) in [6, 6.07) is 5.96. The molecule has 0 radical (unpaired) electrons. The van der Waals surface area contributed by atoms with Crippen LogP contribution in [0.3, 0.4) is 0 Å². The quantitative estimate of drug-likeness (QED) is 0.361. The number of likely N-dealkylation sites (N-methyl/N-ethyl adjacent to an activating group) is 1. The van der Waals surface area contributed by atoms with E-state index in [0.29, 0.717) is 34.6 Å². The van der Waals surface area contributed by atoms with Crippen LogP contribution < -0.4 is 10.6 Å². The van der Waals surface area contributed by atoms with Crippen molar-refractivity contribution in [3.05, 3.63) is 59.4 Å². The maximum absolute atomic E-state index is 14.4. The predicted octanol–water partition coefficient (Wildman–Crippen LogP) is 3.94. The lowest BCUT2D eigenvalue weighted by molar-refractivity contribution is -0.120. The highest BCUT2D eigenvalue weighted by atomic mass is 35.5. The lowest BCUT2D eigenvalue weighted by atomic mass is 10.1. The summed E-state index contributed by atoms with van der Waals surface area (Å²) in [7, 11) is 0. The van der Waals surface area contributed by atoms with E-state index in [1.165, 1.54) is 30.7 Å². The van der Waals surface area contributed by atoms with E-state index in [-0.39, 0.29) is 34.5 Å². The van der Waals surface area contributed by atoms with Crippen LogP contribution in [0.1, 0.15) is 12.6 Å². The Morgan fingerprint density at radius 2 is 2.13 bits per heavy atom. The molecule has 8 nitrogen and oxygen atoms in total. The molecule has 0 aliphatic heterocycles. The third kappa shape index (κ3) is 4.26. The summed E-state index contributed by atoms with van der Waals surface area (Å²) in [6.07, 6.45) is 4.59. The van der Waals surface area contributed by atoms with E-state index in [2.05, 4.69) is 30.6 Å². The number of rotatable bonds is 6. The monoisotopic (exact) mass is 440 g/mol. The number of carbonyl (C=O) groups excluding carboxylic acids is 1. The Hall–Kier alpha value is -3.72. The number of amides is 1. The standard InChI is InChI=1S/C21H18ClFN6O2/c1-2-24-18(30)6-11-8-26-17(10-25-11)29-15-7-14(19-12(22)4-3-5-13(19)23)28-16-9-27-21(31)20(15)16/h3-5,7-10,27,31H,2,6H2,1H3,(H,24,30)(H,26,29). The largest absolute Gasteiger partial charge is 0.494 e. The summed E-state index contributed by atoms with van der Waals surface area (Å²) in [6.45, 7) is 2.38. The Morgan fingerprint density at radius 3 is 2.84 bits per heavy atom. The van der Waals surface area contributed by atoms with Gasteiger partial charge in [-0.05, 0) is 25.1 Å². The van der Waals surface area contributed by atoms with Crippen LogP contribution in [-0.2, 0) is 11.2 Å². The fourth-order valence-corrected chi connectivity index (χ4v) is 3.43. The molecule has 4 rings (SSSR count). The number of hydrogen-bond acceptors (Lipinski definition) is 6. The number of nitrogens with one attached hydrogen (secondary N) is 3. The second-order valence-electron chi connectivity index (χ2n) is 6.70. The first kappa shape index (κ1) is 20.5. The molecule has 4 N–H and O–H groups in total. The molecule has 0 aliphatic rings. The molecule has 158 valence electrons. The number of fused-ring (bicyclic) bond motifs is 1. The summed E-state index contributed by atoms with van der Waals surface area (Å²) in [4.78, 5) is 27.3. The van der Waals surface area contributed by atoms with Crippen molar-refractivity contribution in [3.8, 4) is 17.1 Å². The third-order valence-electron chi connectivity index (χ3n) is 4.53. The fourth-order valence-electron chi connectivity index (χ4n) is 3.17. The van der Waals surface area contributed by atoms with Crippen LogP contribution in [-0.4, -0.2) is 37.5 Å². The van der Waals surface area contributed by atoms with Gasteiger partial charge in [0.1, 0.15) is 11.6 Å². The molecule has 0 fully saturated rings. The van der Waals surface area contributed by atoms with Crippen molar-refractivity contribution in [2.75, 3.05) is 11.9 Å². The van der Waals surface area contributed by atoms with Gasteiger partial charge < -0.3 is 20.7 Å². The molecular formula is C21H18ClFN6O2. The number of halogens is 2. The number of aromatic nitrogens is 4. The average molecular weight is 441 g/mol. The molecule has 0 saturated heterocycles. The number of hydrogen-bond donors (Lipinski definition) is 4. The van der Waals surface area contributed by atoms with E-state index in [1.807, 2.05) is 6.92 Å². The first-order valence-electron chi connectivity index (χ1n) is 9.46. The summed E-state index contributed by atoms with van der Waals surface area (Å²) < 4.78 is 14.4. The van der Waals surface area contributed by atoms with Crippen LogP contribution in [0.2, 0.25) is 5.02 Å². The molecule has 0 saturated carbocycles. The Bertz CT molecular complexity index is 1240. The highest BCUT2D eigenvalue weighted by Gasteiger charge is 2.17. The zero-order valence-electron chi connectivity index (χ0n) is 16.4. The van der Waals surface area contributed by atoms with Gasteiger partial charge in [-0.2, -0.15) is 0 Å². The normalized spacial score (nSPS) is 10.9. The number of H-pyrrole nitrogens is 1. The van der Waals surface area contributed by atoms with Crippen LogP contribution in [0.4, 0.5) is 15.9 Å². The van der Waals surface area contributed by atoms with Crippen LogP contribution in [0.15, 0.2) is 42.9 Å². The number of aromatic amines is 1. The van der Waals surface area contributed by atoms with Crippen molar-refractivity contribution in [2.24, 2.45) is 0 Å². The molecule has 0 bridgehead atoms. The first-order valence-corrected chi connectivity index (χ1v) is 9.84. The minimum Gasteiger partial charge on any atom is -0.494 e. The van der Waals surface area contributed by atoms with Gasteiger partial charge in [0, 0.05) is 12.7 Å². The Kier molecular flexibility index (Phi) is 5.68. The van der Waals surface area contributed by atoms with E-state index in [4.69, 9.17) is 11.6 Å². The van der Waals surface area contributed by atoms with Crippen LogP contribution in [0, 0.1) is 5.82 Å². The molecule has 4 aromatic rings. The Labute approximate surface area is 181 Å². The van der Waals surface area contributed by atoms with Gasteiger partial charge in [-0.3, -0.25) is 9.78 Å². The number of aromatic hydroxyl groups is 1. The van der Waals surface area contributed by atoms with Crippen molar-refractivity contribution in [2.45, 2.75) is 13.3 Å². The minimum atomic E-state index is -0.514.